The monoisotopic (exact) mass is 249 g/mol. The number of aliphatic hydroxyl groups is 2. The Kier molecular flexibility index (Phi) is 2.74. The highest BCUT2D eigenvalue weighted by atomic mass is 79.9. The summed E-state index contributed by atoms with van der Waals surface area (Å²) in [6, 6.07) is 0. The summed E-state index contributed by atoms with van der Waals surface area (Å²) >= 11 is 3.14. The van der Waals surface area contributed by atoms with E-state index >= 15 is 0 Å². The summed E-state index contributed by atoms with van der Waals surface area (Å²) < 4.78 is 1.87. The lowest BCUT2D eigenvalue weighted by Gasteiger charge is -2.24. The Morgan fingerprint density at radius 2 is 2.08 bits per heavy atom. The van der Waals surface area contributed by atoms with Crippen LogP contribution in [-0.4, -0.2) is 30.8 Å². The molecule has 0 spiro atoms. The number of aromatic nitrogens is 3. The van der Waals surface area contributed by atoms with E-state index in [1.807, 2.05) is 0 Å². The third kappa shape index (κ3) is 2.07. The van der Waals surface area contributed by atoms with Gasteiger partial charge in [-0.25, -0.2) is 4.68 Å². The average molecular weight is 250 g/mol. The average Bonchev–Trinajstić information content (AvgIpc) is 2.28. The van der Waals surface area contributed by atoms with E-state index in [4.69, 9.17) is 0 Å². The number of aryl methyl sites for hydroxylation is 1. The van der Waals surface area contributed by atoms with Crippen LogP contribution in [0.2, 0.25) is 0 Å². The molecule has 0 amide bonds. The van der Waals surface area contributed by atoms with E-state index in [9.17, 15) is 10.2 Å². The van der Waals surface area contributed by atoms with Crippen LogP contribution in [0.15, 0.2) is 4.60 Å². The number of nitrogens with zero attached hydrogens (tertiary/aromatic N) is 3. The highest BCUT2D eigenvalue weighted by molar-refractivity contribution is 9.10. The summed E-state index contributed by atoms with van der Waals surface area (Å²) in [7, 11) is 1.65. The highest BCUT2D eigenvalue weighted by Gasteiger charge is 2.31. The Morgan fingerprint density at radius 3 is 2.38 bits per heavy atom. The molecule has 0 fully saturated rings. The summed E-state index contributed by atoms with van der Waals surface area (Å²) in [4.78, 5) is 0. The van der Waals surface area contributed by atoms with Crippen LogP contribution < -0.4 is 0 Å². The molecule has 13 heavy (non-hydrogen) atoms. The van der Waals surface area contributed by atoms with Gasteiger partial charge in [-0.1, -0.05) is 5.21 Å². The van der Waals surface area contributed by atoms with Crippen LogP contribution >= 0.6 is 15.9 Å². The zero-order valence-corrected chi connectivity index (χ0v) is 9.28. The fourth-order valence-electron chi connectivity index (χ4n) is 0.964. The van der Waals surface area contributed by atoms with Gasteiger partial charge in [0, 0.05) is 7.05 Å². The van der Waals surface area contributed by atoms with Gasteiger partial charge in [0.15, 0.2) is 4.60 Å². The number of hydrogen-bond donors (Lipinski definition) is 2. The minimum Gasteiger partial charge on any atom is -0.387 e. The minimum atomic E-state index is -1.21. The third-order valence-corrected chi connectivity index (χ3v) is 2.32. The topological polar surface area (TPSA) is 71.2 Å². The first-order valence-corrected chi connectivity index (χ1v) is 4.59. The van der Waals surface area contributed by atoms with Crippen molar-refractivity contribution in [2.75, 3.05) is 0 Å². The summed E-state index contributed by atoms with van der Waals surface area (Å²) in [5.74, 6) is 0. The first kappa shape index (κ1) is 10.6. The number of halogens is 1. The van der Waals surface area contributed by atoms with Crippen molar-refractivity contribution in [3.63, 3.8) is 0 Å². The van der Waals surface area contributed by atoms with Gasteiger partial charge in [0.1, 0.15) is 11.8 Å². The molecule has 2 N–H and O–H groups in total. The first-order valence-electron chi connectivity index (χ1n) is 3.79. The Hall–Kier alpha value is -0.460. The highest BCUT2D eigenvalue weighted by Crippen LogP contribution is 2.28. The quantitative estimate of drug-likeness (QED) is 0.796. The van der Waals surface area contributed by atoms with E-state index in [0.717, 1.165) is 0 Å². The van der Waals surface area contributed by atoms with Crippen LogP contribution in [0.3, 0.4) is 0 Å². The third-order valence-electron chi connectivity index (χ3n) is 1.75. The van der Waals surface area contributed by atoms with Crippen LogP contribution in [0.5, 0.6) is 0 Å². The number of aliphatic hydroxyl groups excluding tert-OH is 1. The smallest absolute Gasteiger partial charge is 0.154 e. The molecule has 1 unspecified atom stereocenters. The Bertz CT molecular complexity index is 286. The molecular weight excluding hydrogens is 238 g/mol. The lowest BCUT2D eigenvalue weighted by molar-refractivity contribution is -0.0538. The van der Waals surface area contributed by atoms with E-state index in [1.54, 1.807) is 7.05 Å². The van der Waals surface area contributed by atoms with E-state index in [1.165, 1.54) is 18.5 Å². The van der Waals surface area contributed by atoms with Crippen LogP contribution in [-0.2, 0) is 7.05 Å². The number of hydrogen-bond acceptors (Lipinski definition) is 4. The van der Waals surface area contributed by atoms with Crippen molar-refractivity contribution in [3.05, 3.63) is 10.3 Å². The molecule has 1 heterocycles. The standard InChI is InChI=1S/C7H12BrN3O2/c1-7(2,13)5(12)4-6(8)9-10-11(4)3/h5,12-13H,1-3H3. The van der Waals surface area contributed by atoms with E-state index < -0.39 is 11.7 Å². The second-order valence-electron chi connectivity index (χ2n) is 3.45. The van der Waals surface area contributed by atoms with Crippen LogP contribution in [0.25, 0.3) is 0 Å². The molecule has 74 valence electrons. The second kappa shape index (κ2) is 3.36. The molecule has 0 aromatic carbocycles. The van der Waals surface area contributed by atoms with Gasteiger partial charge in [0.2, 0.25) is 0 Å². The summed E-state index contributed by atoms with van der Waals surface area (Å²) in [6.45, 7) is 3.05. The van der Waals surface area contributed by atoms with Crippen molar-refractivity contribution in [2.24, 2.45) is 7.05 Å². The van der Waals surface area contributed by atoms with Gasteiger partial charge in [0.25, 0.3) is 0 Å². The molecule has 6 heteroatoms. The maximum absolute atomic E-state index is 9.73. The Labute approximate surface area is 84.5 Å². The lowest BCUT2D eigenvalue weighted by Crippen LogP contribution is -2.30. The van der Waals surface area contributed by atoms with Gasteiger partial charge in [0.05, 0.1) is 5.60 Å². The largest absolute Gasteiger partial charge is 0.387 e. The summed E-state index contributed by atoms with van der Waals surface area (Å²) in [5, 5.41) is 26.7. The van der Waals surface area contributed by atoms with Gasteiger partial charge < -0.3 is 10.2 Å². The van der Waals surface area contributed by atoms with Gasteiger partial charge in [-0.15, -0.1) is 5.10 Å². The lowest BCUT2D eigenvalue weighted by atomic mass is 10.00. The van der Waals surface area contributed by atoms with E-state index in [2.05, 4.69) is 26.2 Å². The van der Waals surface area contributed by atoms with Gasteiger partial charge in [-0.2, -0.15) is 0 Å². The normalized spacial score (nSPS) is 14.6. The molecule has 0 saturated heterocycles. The van der Waals surface area contributed by atoms with E-state index in [0.29, 0.717) is 10.3 Å². The van der Waals surface area contributed by atoms with Crippen molar-refractivity contribution in [1.82, 2.24) is 15.0 Å². The zero-order valence-electron chi connectivity index (χ0n) is 7.69. The Morgan fingerprint density at radius 1 is 1.54 bits per heavy atom. The van der Waals surface area contributed by atoms with Crippen LogP contribution in [0.4, 0.5) is 0 Å². The van der Waals surface area contributed by atoms with Gasteiger partial charge in [-0.05, 0) is 29.8 Å². The maximum Gasteiger partial charge on any atom is 0.154 e. The predicted octanol–water partition coefficient (Wildman–Crippen LogP) is 0.382. The Balaban J connectivity index is 3.08. The van der Waals surface area contributed by atoms with Crippen molar-refractivity contribution in [3.8, 4) is 0 Å². The molecule has 0 saturated carbocycles. The first-order chi connectivity index (χ1) is 5.84. The van der Waals surface area contributed by atoms with Crippen LogP contribution in [0.1, 0.15) is 25.6 Å². The van der Waals surface area contributed by atoms with Crippen LogP contribution in [0, 0.1) is 0 Å². The molecule has 1 aromatic rings. The van der Waals surface area contributed by atoms with Gasteiger partial charge in [-0.3, -0.25) is 0 Å². The fraction of sp³-hybridized carbons (Fsp3) is 0.714. The van der Waals surface area contributed by atoms with Crippen molar-refractivity contribution in [2.45, 2.75) is 25.6 Å². The minimum absolute atomic E-state index is 0.449. The fourth-order valence-corrected chi connectivity index (χ4v) is 1.51. The molecule has 0 aliphatic rings. The predicted molar refractivity (Wildman–Crippen MR) is 50.0 cm³/mol. The summed E-state index contributed by atoms with van der Waals surface area (Å²) in [5.41, 5.74) is -0.745. The molecule has 1 rings (SSSR count). The van der Waals surface area contributed by atoms with Crippen molar-refractivity contribution in [1.29, 1.82) is 0 Å². The SMILES string of the molecule is Cn1nnc(Br)c1C(O)C(C)(C)O. The van der Waals surface area contributed by atoms with E-state index in [-0.39, 0.29) is 0 Å². The maximum atomic E-state index is 9.73. The second-order valence-corrected chi connectivity index (χ2v) is 4.20. The molecule has 0 aliphatic carbocycles. The molecule has 1 atom stereocenters. The molecule has 5 nitrogen and oxygen atoms in total. The number of rotatable bonds is 2. The van der Waals surface area contributed by atoms with Crippen molar-refractivity contribution < 1.29 is 10.2 Å². The molecule has 1 aromatic heterocycles. The summed E-state index contributed by atoms with van der Waals surface area (Å²) in [6.07, 6.45) is -1.01. The van der Waals surface area contributed by atoms with Gasteiger partial charge >= 0.3 is 0 Å². The molecule has 0 bridgehead atoms. The molecule has 0 radical (unpaired) electrons. The van der Waals surface area contributed by atoms with Crippen molar-refractivity contribution >= 4 is 15.9 Å². The molecular formula is C7H12BrN3O2. The molecule has 0 aliphatic heterocycles. The zero-order chi connectivity index (χ0) is 10.2.